The first kappa shape index (κ1) is 14.5. The summed E-state index contributed by atoms with van der Waals surface area (Å²) in [5.74, 6) is -3.00. The van der Waals surface area contributed by atoms with E-state index in [0.29, 0.717) is 0 Å². The van der Waals surface area contributed by atoms with Gasteiger partial charge in [0, 0.05) is 0 Å². The quantitative estimate of drug-likeness (QED) is 0.390. The van der Waals surface area contributed by atoms with E-state index in [1.165, 1.54) is 6.92 Å². The molecule has 2 N–H and O–H groups in total. The summed E-state index contributed by atoms with van der Waals surface area (Å²) < 4.78 is 0. The summed E-state index contributed by atoms with van der Waals surface area (Å²) in [6, 6.07) is 0. The Morgan fingerprint density at radius 2 is 1.50 bits per heavy atom. The third-order valence-electron chi connectivity index (χ3n) is 2.04. The summed E-state index contributed by atoms with van der Waals surface area (Å²) >= 11 is 0. The fourth-order valence-electron chi connectivity index (χ4n) is 0.585. The molecular weight excluding hydrogens is 171 g/mol. The van der Waals surface area contributed by atoms with Gasteiger partial charge in [0.15, 0.2) is 5.41 Å². The molecule has 0 fully saturated rings. The van der Waals surface area contributed by atoms with Crippen LogP contribution in [0.3, 0.4) is 0 Å². The fraction of sp³-hybridized carbons (Fsp3) is 0.714. The Balaban J connectivity index is -0.000000500. The second-order valence-corrected chi connectivity index (χ2v) is 2.97. The number of carboxylic acid groups (broad SMARTS) is 2. The van der Waals surface area contributed by atoms with Crippen molar-refractivity contribution in [1.29, 1.82) is 0 Å². The van der Waals surface area contributed by atoms with Crippen LogP contribution in [0.1, 0.15) is 22.2 Å². The van der Waals surface area contributed by atoms with Gasteiger partial charge < -0.3 is 11.6 Å². The van der Waals surface area contributed by atoms with Crippen LogP contribution in [0.25, 0.3) is 0 Å². The van der Waals surface area contributed by atoms with Gasteiger partial charge in [-0.2, -0.15) is 0 Å². The number of rotatable bonds is 3. The molecule has 5 heteroatoms. The molecule has 0 rings (SSSR count). The number of aliphatic carboxylic acids is 2. The first-order valence-corrected chi connectivity index (χ1v) is 3.30. The number of carbonyl (C=O) groups is 2. The van der Waals surface area contributed by atoms with Crippen molar-refractivity contribution in [2.75, 3.05) is 0 Å². The predicted molar refractivity (Wildman–Crippen MR) is 39.3 cm³/mol. The minimum Gasteiger partial charge on any atom is -1.00 e. The zero-order valence-corrected chi connectivity index (χ0v) is 9.79. The first-order valence-electron chi connectivity index (χ1n) is 3.30. The maximum absolute atomic E-state index is 10.5. The molecule has 0 aliphatic rings. The van der Waals surface area contributed by atoms with E-state index in [-0.39, 0.29) is 31.0 Å². The van der Waals surface area contributed by atoms with Gasteiger partial charge in [0.1, 0.15) is 0 Å². The van der Waals surface area contributed by atoms with Crippen molar-refractivity contribution < 1.29 is 50.8 Å². The molecule has 4 nitrogen and oxygen atoms in total. The molecule has 0 aromatic heterocycles. The SMILES string of the molecule is CC(C)C(C)(C(=O)O)C(=O)O.[H-].[Na+]. The average molecular weight is 184 g/mol. The van der Waals surface area contributed by atoms with Gasteiger partial charge in [0.25, 0.3) is 0 Å². The van der Waals surface area contributed by atoms with Crippen molar-refractivity contribution in [3.8, 4) is 0 Å². The van der Waals surface area contributed by atoms with Crippen LogP contribution >= 0.6 is 0 Å². The predicted octanol–water partition coefficient (Wildman–Crippen LogP) is -2.07. The summed E-state index contributed by atoms with van der Waals surface area (Å²) in [6.45, 7) is 4.35. The van der Waals surface area contributed by atoms with Crippen LogP contribution in [-0.4, -0.2) is 22.2 Å². The van der Waals surface area contributed by atoms with Gasteiger partial charge in [-0.1, -0.05) is 13.8 Å². The molecule has 0 atom stereocenters. The van der Waals surface area contributed by atoms with Crippen molar-refractivity contribution in [1.82, 2.24) is 0 Å². The van der Waals surface area contributed by atoms with Crippen LogP contribution in [0.5, 0.6) is 0 Å². The van der Waals surface area contributed by atoms with E-state index in [2.05, 4.69) is 0 Å². The van der Waals surface area contributed by atoms with E-state index in [0.717, 1.165) is 0 Å². The molecule has 0 saturated heterocycles. The van der Waals surface area contributed by atoms with Crippen LogP contribution in [0, 0.1) is 11.3 Å². The summed E-state index contributed by atoms with van der Waals surface area (Å²) in [5.41, 5.74) is -1.67. The van der Waals surface area contributed by atoms with Crippen molar-refractivity contribution in [2.24, 2.45) is 11.3 Å². The van der Waals surface area contributed by atoms with E-state index < -0.39 is 23.3 Å². The summed E-state index contributed by atoms with van der Waals surface area (Å²) in [4.78, 5) is 21.0. The van der Waals surface area contributed by atoms with Gasteiger partial charge in [-0.05, 0) is 12.8 Å². The maximum Gasteiger partial charge on any atom is 1.00 e. The normalized spacial score (nSPS) is 10.7. The molecule has 0 saturated carbocycles. The molecule has 0 aromatic carbocycles. The molecule has 0 aliphatic heterocycles. The van der Waals surface area contributed by atoms with Gasteiger partial charge in [-0.3, -0.25) is 9.59 Å². The second kappa shape index (κ2) is 4.84. The molecule has 0 bridgehead atoms. The number of hydrogen-bond donors (Lipinski definition) is 2. The Bertz CT molecular complexity index is 179. The Morgan fingerprint density at radius 3 is 1.50 bits per heavy atom. The molecule has 66 valence electrons. The van der Waals surface area contributed by atoms with E-state index in [4.69, 9.17) is 10.2 Å². The maximum atomic E-state index is 10.5. The third kappa shape index (κ3) is 2.47. The van der Waals surface area contributed by atoms with Gasteiger partial charge in [0.05, 0.1) is 0 Å². The standard InChI is InChI=1S/C7H12O4.Na.H/c1-4(2)7(3,5(8)9)6(10)11;;/h4H,1-3H3,(H,8,9)(H,10,11);;/q;+1;-1. The van der Waals surface area contributed by atoms with Crippen LogP contribution in [-0.2, 0) is 9.59 Å². The molecule has 0 spiro atoms. The molecule has 0 unspecified atom stereocenters. The monoisotopic (exact) mass is 184 g/mol. The average Bonchev–Trinajstić information content (AvgIpc) is 1.84. The van der Waals surface area contributed by atoms with Gasteiger partial charge in [-0.15, -0.1) is 0 Å². The molecular formula is C7H13NaO4. The topological polar surface area (TPSA) is 74.6 Å². The van der Waals surface area contributed by atoms with Crippen molar-refractivity contribution in [3.05, 3.63) is 0 Å². The zero-order valence-electron chi connectivity index (χ0n) is 8.79. The fourth-order valence-corrected chi connectivity index (χ4v) is 0.585. The molecule has 0 radical (unpaired) electrons. The van der Waals surface area contributed by atoms with Gasteiger partial charge in [-0.25, -0.2) is 0 Å². The van der Waals surface area contributed by atoms with Crippen LogP contribution in [0.2, 0.25) is 0 Å². The minimum atomic E-state index is -1.67. The van der Waals surface area contributed by atoms with Crippen molar-refractivity contribution in [2.45, 2.75) is 20.8 Å². The smallest absolute Gasteiger partial charge is 1.00 e. The minimum absolute atomic E-state index is 0. The summed E-state index contributed by atoms with van der Waals surface area (Å²) in [5, 5.41) is 17.2. The van der Waals surface area contributed by atoms with Crippen molar-refractivity contribution in [3.63, 3.8) is 0 Å². The van der Waals surface area contributed by atoms with Crippen LogP contribution in [0.4, 0.5) is 0 Å². The van der Waals surface area contributed by atoms with Crippen LogP contribution < -0.4 is 29.6 Å². The third-order valence-corrected chi connectivity index (χ3v) is 2.04. The Kier molecular flexibility index (Phi) is 5.84. The number of carboxylic acids is 2. The van der Waals surface area contributed by atoms with E-state index in [1.807, 2.05) is 0 Å². The zero-order chi connectivity index (χ0) is 9.23. The molecule has 0 amide bonds. The summed E-state index contributed by atoms with van der Waals surface area (Å²) in [7, 11) is 0. The molecule has 0 heterocycles. The summed E-state index contributed by atoms with van der Waals surface area (Å²) in [6.07, 6.45) is 0. The van der Waals surface area contributed by atoms with Gasteiger partial charge in [0.2, 0.25) is 0 Å². The Morgan fingerprint density at radius 1 is 1.25 bits per heavy atom. The molecule has 12 heavy (non-hydrogen) atoms. The first-order chi connectivity index (χ1) is 4.83. The molecule has 0 aliphatic carbocycles. The van der Waals surface area contributed by atoms with E-state index >= 15 is 0 Å². The Labute approximate surface area is 94.7 Å². The Hall–Kier alpha value is -0.0600. The van der Waals surface area contributed by atoms with Gasteiger partial charge >= 0.3 is 41.5 Å². The molecule has 0 aromatic rings. The van der Waals surface area contributed by atoms with E-state index in [9.17, 15) is 9.59 Å². The van der Waals surface area contributed by atoms with Crippen molar-refractivity contribution >= 4 is 11.9 Å². The largest absolute Gasteiger partial charge is 1.00 e. The number of hydrogen-bond acceptors (Lipinski definition) is 2. The van der Waals surface area contributed by atoms with Crippen LogP contribution in [0.15, 0.2) is 0 Å². The second-order valence-electron chi connectivity index (χ2n) is 2.97. The van der Waals surface area contributed by atoms with E-state index in [1.54, 1.807) is 13.8 Å².